The first-order chi connectivity index (χ1) is 10.7. The zero-order chi connectivity index (χ0) is 15.5. The average Bonchev–Trinajstić information content (AvgIpc) is 3.04. The van der Waals surface area contributed by atoms with E-state index < -0.39 is 0 Å². The zero-order valence-electron chi connectivity index (χ0n) is 12.9. The quantitative estimate of drug-likeness (QED) is 0.867. The average molecular weight is 394 g/mol. The molecule has 2 aromatic rings. The summed E-state index contributed by atoms with van der Waals surface area (Å²) in [5, 5.41) is 0.619. The van der Waals surface area contributed by atoms with Gasteiger partial charge in [0.05, 0.1) is 17.1 Å². The summed E-state index contributed by atoms with van der Waals surface area (Å²) in [5.41, 5.74) is 6.05. The van der Waals surface area contributed by atoms with E-state index >= 15 is 0 Å². The van der Waals surface area contributed by atoms with Crippen molar-refractivity contribution < 1.29 is 9.21 Å². The van der Waals surface area contributed by atoms with Gasteiger partial charge in [0, 0.05) is 32.4 Å². The highest BCUT2D eigenvalue weighted by atomic mass is 35.5. The molecule has 0 atom stereocenters. The molecule has 1 amide bonds. The summed E-state index contributed by atoms with van der Waals surface area (Å²) in [4.78, 5) is 20.7. The molecule has 0 spiro atoms. The topological polar surface area (TPSA) is 75.6 Å². The minimum absolute atomic E-state index is 0. The van der Waals surface area contributed by atoms with Gasteiger partial charge >= 0.3 is 0 Å². The fourth-order valence-electron chi connectivity index (χ4n) is 2.48. The number of carbonyl (C=O) groups excluding carboxylic acids is 1. The van der Waals surface area contributed by atoms with Gasteiger partial charge in [0.2, 0.25) is 0 Å². The number of hydrogen-bond acceptors (Lipinski definition) is 5. The van der Waals surface area contributed by atoms with Crippen LogP contribution in [0.25, 0.3) is 0 Å². The van der Waals surface area contributed by atoms with Crippen LogP contribution in [0.4, 0.5) is 5.82 Å². The Hall–Kier alpha value is -1.47. The number of anilines is 1. The predicted octanol–water partition coefficient (Wildman–Crippen LogP) is 2.59. The van der Waals surface area contributed by atoms with Crippen LogP contribution in [-0.2, 0) is 6.54 Å². The van der Waals surface area contributed by atoms with Gasteiger partial charge in [-0.25, -0.2) is 4.98 Å². The van der Waals surface area contributed by atoms with Crippen molar-refractivity contribution in [3.8, 4) is 0 Å². The number of rotatable bonds is 3. The fraction of sp³-hybridized carbons (Fsp3) is 0.333. The maximum Gasteiger partial charge on any atom is 0.257 e. The van der Waals surface area contributed by atoms with Crippen LogP contribution in [0.5, 0.6) is 0 Å². The number of piperazine rings is 1. The van der Waals surface area contributed by atoms with Gasteiger partial charge < -0.3 is 20.0 Å². The molecule has 0 radical (unpaired) electrons. The van der Waals surface area contributed by atoms with Gasteiger partial charge in [-0.15, -0.1) is 24.8 Å². The number of halogens is 3. The Kier molecular flexibility index (Phi) is 7.83. The highest BCUT2D eigenvalue weighted by molar-refractivity contribution is 6.30. The van der Waals surface area contributed by atoms with E-state index in [0.717, 1.165) is 18.9 Å². The van der Waals surface area contributed by atoms with Crippen molar-refractivity contribution in [2.24, 2.45) is 5.73 Å². The van der Waals surface area contributed by atoms with Gasteiger partial charge in [-0.05, 0) is 18.2 Å². The molecule has 0 saturated carbocycles. The van der Waals surface area contributed by atoms with Crippen LogP contribution in [-0.4, -0.2) is 42.0 Å². The van der Waals surface area contributed by atoms with Crippen molar-refractivity contribution in [2.45, 2.75) is 6.54 Å². The van der Waals surface area contributed by atoms with Gasteiger partial charge in [-0.2, -0.15) is 0 Å². The number of carbonyl (C=O) groups is 1. The van der Waals surface area contributed by atoms with Crippen molar-refractivity contribution in [1.82, 2.24) is 9.88 Å². The van der Waals surface area contributed by atoms with Gasteiger partial charge in [0.1, 0.15) is 17.8 Å². The van der Waals surface area contributed by atoms with Gasteiger partial charge in [0.25, 0.3) is 5.91 Å². The van der Waals surface area contributed by atoms with Crippen molar-refractivity contribution in [3.05, 3.63) is 47.0 Å². The first-order valence-electron chi connectivity index (χ1n) is 7.10. The minimum atomic E-state index is -0.0211. The Balaban J connectivity index is 0.00000144. The summed E-state index contributed by atoms with van der Waals surface area (Å²) in [6, 6.07) is 5.42. The highest BCUT2D eigenvalue weighted by Crippen LogP contribution is 2.17. The van der Waals surface area contributed by atoms with E-state index in [1.807, 2.05) is 17.0 Å². The van der Waals surface area contributed by atoms with Crippen molar-refractivity contribution >= 4 is 48.1 Å². The maximum atomic E-state index is 12.4. The zero-order valence-corrected chi connectivity index (χ0v) is 15.2. The molecule has 1 saturated heterocycles. The van der Waals surface area contributed by atoms with Crippen LogP contribution in [0.1, 0.15) is 16.1 Å². The number of hydrogen-bond donors (Lipinski definition) is 1. The maximum absolute atomic E-state index is 12.4. The lowest BCUT2D eigenvalue weighted by atomic mass is 10.2. The van der Waals surface area contributed by atoms with E-state index in [0.29, 0.717) is 36.0 Å². The monoisotopic (exact) mass is 392 g/mol. The van der Waals surface area contributed by atoms with Crippen LogP contribution in [0.2, 0.25) is 5.02 Å². The summed E-state index contributed by atoms with van der Waals surface area (Å²) >= 11 is 5.85. The summed E-state index contributed by atoms with van der Waals surface area (Å²) < 4.78 is 5.22. The van der Waals surface area contributed by atoms with E-state index in [4.69, 9.17) is 21.8 Å². The summed E-state index contributed by atoms with van der Waals surface area (Å²) in [6.07, 6.45) is 3.10. The lowest BCUT2D eigenvalue weighted by Crippen LogP contribution is -2.49. The van der Waals surface area contributed by atoms with Crippen molar-refractivity contribution in [3.63, 3.8) is 0 Å². The molecule has 1 fully saturated rings. The molecule has 9 heteroatoms. The Morgan fingerprint density at radius 3 is 2.50 bits per heavy atom. The lowest BCUT2D eigenvalue weighted by molar-refractivity contribution is 0.0746. The molecule has 1 aliphatic heterocycles. The Morgan fingerprint density at radius 2 is 1.96 bits per heavy atom. The van der Waals surface area contributed by atoms with Crippen LogP contribution in [0.15, 0.2) is 35.1 Å². The number of furan rings is 1. The molecule has 0 bridgehead atoms. The van der Waals surface area contributed by atoms with Gasteiger partial charge in [-0.1, -0.05) is 11.6 Å². The Bertz CT molecular complexity index is 655. The molecule has 6 nitrogen and oxygen atoms in total. The SMILES string of the molecule is Cl.Cl.NCc1cc(C(=O)N2CCN(c3ccc(Cl)cn3)CC2)co1. The van der Waals surface area contributed by atoms with Gasteiger partial charge in [-0.3, -0.25) is 4.79 Å². The summed E-state index contributed by atoms with van der Waals surface area (Å²) in [6.45, 7) is 3.06. The molecule has 3 heterocycles. The van der Waals surface area contributed by atoms with E-state index in [2.05, 4.69) is 9.88 Å². The molecule has 0 unspecified atom stereocenters. The van der Waals surface area contributed by atoms with E-state index in [1.165, 1.54) is 6.26 Å². The first-order valence-corrected chi connectivity index (χ1v) is 7.48. The molecule has 0 aliphatic carbocycles. The molecular formula is C15H19Cl3N4O2. The predicted molar refractivity (Wildman–Crippen MR) is 98.5 cm³/mol. The Morgan fingerprint density at radius 1 is 1.25 bits per heavy atom. The second-order valence-electron chi connectivity index (χ2n) is 5.12. The van der Waals surface area contributed by atoms with Crippen LogP contribution in [0, 0.1) is 0 Å². The molecule has 132 valence electrons. The van der Waals surface area contributed by atoms with Crippen molar-refractivity contribution in [2.75, 3.05) is 31.1 Å². The fourth-order valence-corrected chi connectivity index (χ4v) is 2.59. The normalized spacial score (nSPS) is 13.9. The van der Waals surface area contributed by atoms with Gasteiger partial charge in [0.15, 0.2) is 0 Å². The molecule has 3 rings (SSSR count). The van der Waals surface area contributed by atoms with Crippen LogP contribution in [0.3, 0.4) is 0 Å². The second kappa shape index (κ2) is 9.13. The molecule has 2 aromatic heterocycles. The number of aromatic nitrogens is 1. The molecule has 0 aromatic carbocycles. The number of nitrogens with zero attached hydrogens (tertiary/aromatic N) is 3. The third kappa shape index (κ3) is 4.54. The standard InChI is InChI=1S/C15H17ClN4O2.2ClH/c16-12-1-2-14(18-9-12)19-3-5-20(6-4-19)15(21)11-7-13(8-17)22-10-11;;/h1-2,7,9-10H,3-6,8,17H2;2*1H. The molecule has 1 aliphatic rings. The van der Waals surface area contributed by atoms with E-state index in [-0.39, 0.29) is 30.7 Å². The summed E-state index contributed by atoms with van der Waals surface area (Å²) in [7, 11) is 0. The van der Waals surface area contributed by atoms with E-state index in [1.54, 1.807) is 12.3 Å². The molecular weight excluding hydrogens is 375 g/mol. The van der Waals surface area contributed by atoms with E-state index in [9.17, 15) is 4.79 Å². The largest absolute Gasteiger partial charge is 0.467 e. The van der Waals surface area contributed by atoms with Crippen LogP contribution >= 0.6 is 36.4 Å². The lowest BCUT2D eigenvalue weighted by Gasteiger charge is -2.35. The Labute approximate surface area is 157 Å². The molecule has 2 N–H and O–H groups in total. The highest BCUT2D eigenvalue weighted by Gasteiger charge is 2.23. The number of amides is 1. The minimum Gasteiger partial charge on any atom is -0.467 e. The summed E-state index contributed by atoms with van der Waals surface area (Å²) in [5.74, 6) is 1.48. The second-order valence-corrected chi connectivity index (χ2v) is 5.56. The third-order valence-electron chi connectivity index (χ3n) is 3.70. The van der Waals surface area contributed by atoms with Crippen molar-refractivity contribution in [1.29, 1.82) is 0 Å². The molecule has 24 heavy (non-hydrogen) atoms. The first kappa shape index (κ1) is 20.6. The van der Waals surface area contributed by atoms with Crippen LogP contribution < -0.4 is 10.6 Å². The number of pyridine rings is 1. The third-order valence-corrected chi connectivity index (χ3v) is 3.93. The smallest absolute Gasteiger partial charge is 0.257 e. The number of nitrogens with two attached hydrogens (primary N) is 1.